The summed E-state index contributed by atoms with van der Waals surface area (Å²) in [5.74, 6) is -1.96. The van der Waals surface area contributed by atoms with Crippen LogP contribution in [0, 0.1) is 10.1 Å². The molecule has 0 aromatic carbocycles. The van der Waals surface area contributed by atoms with E-state index >= 15 is 0 Å². The van der Waals surface area contributed by atoms with Crippen molar-refractivity contribution in [3.8, 4) is 0 Å². The number of hydrogen-bond acceptors (Lipinski definition) is 5. The quantitative estimate of drug-likeness (QED) is 0.609. The Morgan fingerprint density at radius 2 is 2.10 bits per heavy atom. The van der Waals surface area contributed by atoms with Crippen molar-refractivity contribution in [3.63, 3.8) is 0 Å². The molecule has 1 heterocycles. The molecular formula is C11H14N4O5. The predicted molar refractivity (Wildman–Crippen MR) is 66.2 cm³/mol. The lowest BCUT2D eigenvalue weighted by molar-refractivity contribution is -0.385. The number of amides is 1. The molecule has 0 unspecified atom stereocenters. The van der Waals surface area contributed by atoms with Crippen molar-refractivity contribution in [2.45, 2.75) is 31.2 Å². The van der Waals surface area contributed by atoms with E-state index in [1.54, 1.807) is 0 Å². The number of carboxylic acids is 1. The summed E-state index contributed by atoms with van der Waals surface area (Å²) in [6.07, 6.45) is 3.12. The molecule has 1 amide bonds. The Kier molecular flexibility index (Phi) is 3.43. The molecule has 1 saturated carbocycles. The number of hydrogen-bond donors (Lipinski definition) is 2. The van der Waals surface area contributed by atoms with Gasteiger partial charge in [0.25, 0.3) is 5.91 Å². The van der Waals surface area contributed by atoms with Gasteiger partial charge in [0, 0.05) is 7.05 Å². The van der Waals surface area contributed by atoms with Crippen molar-refractivity contribution in [1.29, 1.82) is 0 Å². The lowest BCUT2D eigenvalue weighted by Gasteiger charge is -2.24. The van der Waals surface area contributed by atoms with Gasteiger partial charge in [0.1, 0.15) is 11.7 Å². The van der Waals surface area contributed by atoms with E-state index < -0.39 is 28.0 Å². The van der Waals surface area contributed by atoms with E-state index in [1.807, 2.05) is 0 Å². The maximum absolute atomic E-state index is 12.1. The van der Waals surface area contributed by atoms with Gasteiger partial charge in [0.2, 0.25) is 5.69 Å². The molecule has 1 fully saturated rings. The summed E-state index contributed by atoms with van der Waals surface area (Å²) < 4.78 is 1.15. The third kappa shape index (κ3) is 2.33. The Labute approximate surface area is 113 Å². The van der Waals surface area contributed by atoms with Gasteiger partial charge in [-0.2, -0.15) is 5.10 Å². The van der Waals surface area contributed by atoms with Crippen LogP contribution in [0.1, 0.15) is 36.2 Å². The highest BCUT2D eigenvalue weighted by molar-refractivity contribution is 5.99. The van der Waals surface area contributed by atoms with Crippen LogP contribution in [0.15, 0.2) is 6.20 Å². The summed E-state index contributed by atoms with van der Waals surface area (Å²) in [4.78, 5) is 33.6. The van der Waals surface area contributed by atoms with Gasteiger partial charge < -0.3 is 10.4 Å². The third-order valence-electron chi connectivity index (χ3n) is 3.44. The van der Waals surface area contributed by atoms with E-state index in [9.17, 15) is 24.8 Å². The molecule has 1 aromatic rings. The Hall–Kier alpha value is -2.45. The smallest absolute Gasteiger partial charge is 0.329 e. The fraction of sp³-hybridized carbons (Fsp3) is 0.545. The van der Waals surface area contributed by atoms with Crippen LogP contribution in [0.5, 0.6) is 0 Å². The molecule has 0 saturated heterocycles. The molecule has 9 nitrogen and oxygen atoms in total. The first-order chi connectivity index (χ1) is 9.35. The molecule has 0 bridgehead atoms. The molecule has 9 heteroatoms. The largest absolute Gasteiger partial charge is 0.480 e. The van der Waals surface area contributed by atoms with Gasteiger partial charge in [-0.05, 0) is 12.8 Å². The van der Waals surface area contributed by atoms with E-state index in [0.29, 0.717) is 25.7 Å². The highest BCUT2D eigenvalue weighted by Gasteiger charge is 2.44. The second-order valence-corrected chi connectivity index (χ2v) is 4.84. The van der Waals surface area contributed by atoms with Gasteiger partial charge in [-0.15, -0.1) is 0 Å². The molecule has 1 aliphatic carbocycles. The number of nitro groups is 1. The zero-order valence-electron chi connectivity index (χ0n) is 10.8. The minimum Gasteiger partial charge on any atom is -0.480 e. The number of carbonyl (C=O) groups excluding carboxylic acids is 1. The van der Waals surface area contributed by atoms with E-state index in [4.69, 9.17) is 0 Å². The van der Waals surface area contributed by atoms with E-state index in [0.717, 1.165) is 10.9 Å². The minimum absolute atomic E-state index is 0.314. The Morgan fingerprint density at radius 3 is 2.60 bits per heavy atom. The second-order valence-electron chi connectivity index (χ2n) is 4.84. The molecule has 2 rings (SSSR count). The maximum atomic E-state index is 12.1. The van der Waals surface area contributed by atoms with Gasteiger partial charge in [-0.25, -0.2) is 4.79 Å². The van der Waals surface area contributed by atoms with Gasteiger partial charge in [-0.1, -0.05) is 12.8 Å². The zero-order chi connectivity index (χ0) is 14.9. The van der Waals surface area contributed by atoms with Crippen LogP contribution >= 0.6 is 0 Å². The Balaban J connectivity index is 2.28. The number of aromatic nitrogens is 2. The summed E-state index contributed by atoms with van der Waals surface area (Å²) in [6, 6.07) is 0. The maximum Gasteiger partial charge on any atom is 0.329 e. The highest BCUT2D eigenvalue weighted by Crippen LogP contribution is 2.30. The molecule has 0 radical (unpaired) electrons. The van der Waals surface area contributed by atoms with Crippen LogP contribution in [0.3, 0.4) is 0 Å². The minimum atomic E-state index is -1.34. The number of rotatable bonds is 4. The van der Waals surface area contributed by atoms with Gasteiger partial charge in [0.05, 0.1) is 4.92 Å². The number of aliphatic carboxylic acids is 1. The van der Waals surface area contributed by atoms with Crippen LogP contribution in [0.25, 0.3) is 0 Å². The molecule has 2 N–H and O–H groups in total. The Morgan fingerprint density at radius 1 is 1.50 bits per heavy atom. The van der Waals surface area contributed by atoms with E-state index in [2.05, 4.69) is 10.4 Å². The Bertz CT molecular complexity index is 573. The van der Waals surface area contributed by atoms with Crippen LogP contribution in [0.4, 0.5) is 5.69 Å². The van der Waals surface area contributed by atoms with Crippen molar-refractivity contribution in [2.75, 3.05) is 0 Å². The average molecular weight is 282 g/mol. The fourth-order valence-electron chi connectivity index (χ4n) is 2.42. The van der Waals surface area contributed by atoms with Crippen LogP contribution < -0.4 is 5.32 Å². The molecule has 1 aliphatic rings. The summed E-state index contributed by atoms with van der Waals surface area (Å²) in [5.41, 5.74) is -2.16. The van der Waals surface area contributed by atoms with Crippen molar-refractivity contribution < 1.29 is 19.6 Å². The summed E-state index contributed by atoms with van der Waals surface area (Å²) in [5, 5.41) is 26.2. The normalized spacial score (nSPS) is 16.9. The van der Waals surface area contributed by atoms with Crippen molar-refractivity contribution >= 4 is 17.6 Å². The summed E-state index contributed by atoms with van der Waals surface area (Å²) in [7, 11) is 1.45. The molecule has 108 valence electrons. The topological polar surface area (TPSA) is 127 Å². The van der Waals surface area contributed by atoms with E-state index in [-0.39, 0.29) is 5.69 Å². The first-order valence-electron chi connectivity index (χ1n) is 6.10. The highest BCUT2D eigenvalue weighted by atomic mass is 16.6. The predicted octanol–water partition coefficient (Wildman–Crippen LogP) is 0.455. The van der Waals surface area contributed by atoms with Crippen molar-refractivity contribution in [2.24, 2.45) is 7.05 Å². The van der Waals surface area contributed by atoms with Gasteiger partial charge in [0.15, 0.2) is 0 Å². The van der Waals surface area contributed by atoms with Crippen molar-refractivity contribution in [1.82, 2.24) is 15.1 Å². The molecule has 1 aromatic heterocycles. The first kappa shape index (κ1) is 14.0. The SMILES string of the molecule is Cn1cc([N+](=O)[O-])c(C(=O)NC2(C(=O)O)CCCC2)n1. The summed E-state index contributed by atoms with van der Waals surface area (Å²) >= 11 is 0. The number of nitrogens with one attached hydrogen (secondary N) is 1. The fourth-order valence-corrected chi connectivity index (χ4v) is 2.42. The lowest BCUT2D eigenvalue weighted by atomic mass is 9.97. The van der Waals surface area contributed by atoms with Gasteiger partial charge >= 0.3 is 11.7 Å². The first-order valence-corrected chi connectivity index (χ1v) is 6.10. The van der Waals surface area contributed by atoms with E-state index in [1.165, 1.54) is 7.05 Å². The number of aryl methyl sites for hydroxylation is 1. The average Bonchev–Trinajstić information content (AvgIpc) is 2.96. The lowest BCUT2D eigenvalue weighted by Crippen LogP contribution is -2.52. The van der Waals surface area contributed by atoms with Crippen molar-refractivity contribution in [3.05, 3.63) is 22.0 Å². The zero-order valence-corrected chi connectivity index (χ0v) is 10.8. The third-order valence-corrected chi connectivity index (χ3v) is 3.44. The molecule has 0 aliphatic heterocycles. The van der Waals surface area contributed by atoms with Crippen LogP contribution in [-0.4, -0.2) is 37.2 Å². The standard InChI is InChI=1S/C11H14N4O5/c1-14-6-7(15(19)20)8(13-14)9(16)12-11(10(17)18)4-2-3-5-11/h6H,2-5H2,1H3,(H,12,16)(H,17,18). The number of carboxylic acid groups (broad SMARTS) is 1. The molecule has 20 heavy (non-hydrogen) atoms. The molecular weight excluding hydrogens is 268 g/mol. The number of nitrogens with zero attached hydrogens (tertiary/aromatic N) is 3. The van der Waals surface area contributed by atoms with Crippen LogP contribution in [0.2, 0.25) is 0 Å². The van der Waals surface area contributed by atoms with Gasteiger partial charge in [-0.3, -0.25) is 19.6 Å². The second kappa shape index (κ2) is 4.91. The van der Waals surface area contributed by atoms with Crippen LogP contribution in [-0.2, 0) is 11.8 Å². The number of carbonyl (C=O) groups is 2. The summed E-state index contributed by atoms with van der Waals surface area (Å²) in [6.45, 7) is 0. The molecule has 0 atom stereocenters. The molecule has 0 spiro atoms. The monoisotopic (exact) mass is 282 g/mol.